The van der Waals surface area contributed by atoms with Crippen LogP contribution in [-0.4, -0.2) is 23.3 Å². The maximum atomic E-state index is 13.4. The molecule has 4 rings (SSSR count). The molecule has 3 aromatic rings. The van der Waals surface area contributed by atoms with Crippen molar-refractivity contribution in [2.24, 2.45) is 0 Å². The van der Waals surface area contributed by atoms with Gasteiger partial charge in [-0.2, -0.15) is 0 Å². The van der Waals surface area contributed by atoms with Gasteiger partial charge in [-0.05, 0) is 36.8 Å². The van der Waals surface area contributed by atoms with Crippen LogP contribution in [0.1, 0.15) is 33.1 Å². The second-order valence-electron chi connectivity index (χ2n) is 6.89. The van der Waals surface area contributed by atoms with Crippen LogP contribution in [0, 0.1) is 6.92 Å². The Hall–Kier alpha value is -2.92. The summed E-state index contributed by atoms with van der Waals surface area (Å²) in [7, 11) is 0. The van der Waals surface area contributed by atoms with Crippen molar-refractivity contribution in [3.63, 3.8) is 0 Å². The number of para-hydroxylation sites is 1. The summed E-state index contributed by atoms with van der Waals surface area (Å²) in [4.78, 5) is 27.7. The molecule has 0 saturated carbocycles. The fraction of sp³-hybridized carbons (Fsp3) is 0.130. The van der Waals surface area contributed by atoms with E-state index in [2.05, 4.69) is 21.2 Å². The SMILES string of the molecule is Cc1ccc([C@H]2c3ccccc3NC(=O)CN2C(=O)c2cccc(Br)c2)cc1. The van der Waals surface area contributed by atoms with Gasteiger partial charge in [-0.1, -0.05) is 70.0 Å². The van der Waals surface area contributed by atoms with Gasteiger partial charge in [0.2, 0.25) is 5.91 Å². The van der Waals surface area contributed by atoms with Crippen LogP contribution in [0.25, 0.3) is 0 Å². The minimum Gasteiger partial charge on any atom is -0.324 e. The molecule has 4 nitrogen and oxygen atoms in total. The summed E-state index contributed by atoms with van der Waals surface area (Å²) in [6.45, 7) is 2.01. The van der Waals surface area contributed by atoms with Gasteiger partial charge in [-0.3, -0.25) is 9.59 Å². The van der Waals surface area contributed by atoms with Gasteiger partial charge in [0.1, 0.15) is 6.54 Å². The monoisotopic (exact) mass is 434 g/mol. The summed E-state index contributed by atoms with van der Waals surface area (Å²) in [5.41, 5.74) is 4.30. The standard InChI is InChI=1S/C23H19BrN2O2/c1-15-9-11-16(12-10-15)22-19-7-2-3-8-20(19)25-21(27)14-26(22)23(28)17-5-4-6-18(24)13-17/h2-13,22H,14H2,1H3,(H,25,27)/t22-/m0/s1. The number of rotatable bonds is 2. The number of hydrogen-bond donors (Lipinski definition) is 1. The first-order chi connectivity index (χ1) is 13.5. The molecule has 3 aromatic carbocycles. The summed E-state index contributed by atoms with van der Waals surface area (Å²) < 4.78 is 0.824. The molecule has 0 saturated heterocycles. The first-order valence-electron chi connectivity index (χ1n) is 9.05. The molecular formula is C23H19BrN2O2. The molecule has 0 fully saturated rings. The Morgan fingerprint density at radius 2 is 1.79 bits per heavy atom. The van der Waals surface area contributed by atoms with E-state index in [0.29, 0.717) is 5.56 Å². The van der Waals surface area contributed by atoms with Crippen LogP contribution in [-0.2, 0) is 4.79 Å². The molecule has 0 bridgehead atoms. The molecule has 140 valence electrons. The van der Waals surface area contributed by atoms with Crippen molar-refractivity contribution < 1.29 is 9.59 Å². The highest BCUT2D eigenvalue weighted by atomic mass is 79.9. The summed E-state index contributed by atoms with van der Waals surface area (Å²) in [6, 6.07) is 22.6. The Labute approximate surface area is 172 Å². The lowest BCUT2D eigenvalue weighted by molar-refractivity contribution is -0.117. The average molecular weight is 435 g/mol. The first kappa shape index (κ1) is 18.4. The van der Waals surface area contributed by atoms with Crippen molar-refractivity contribution in [2.75, 3.05) is 11.9 Å². The summed E-state index contributed by atoms with van der Waals surface area (Å²) in [5.74, 6) is -0.385. The quantitative estimate of drug-likeness (QED) is 0.620. The van der Waals surface area contributed by atoms with Crippen molar-refractivity contribution in [3.05, 3.63) is 99.5 Å². The zero-order valence-corrected chi connectivity index (χ0v) is 16.9. The van der Waals surface area contributed by atoms with Crippen molar-refractivity contribution in [3.8, 4) is 0 Å². The maximum absolute atomic E-state index is 13.4. The molecule has 28 heavy (non-hydrogen) atoms. The molecule has 0 aliphatic carbocycles. The number of fused-ring (bicyclic) bond motifs is 1. The highest BCUT2D eigenvalue weighted by Gasteiger charge is 2.33. The molecular weight excluding hydrogens is 416 g/mol. The van der Waals surface area contributed by atoms with Crippen molar-refractivity contribution in [1.82, 2.24) is 4.90 Å². The fourth-order valence-corrected chi connectivity index (χ4v) is 3.94. The van der Waals surface area contributed by atoms with Gasteiger partial charge < -0.3 is 10.2 Å². The number of carbonyl (C=O) groups is 2. The lowest BCUT2D eigenvalue weighted by atomic mass is 9.94. The van der Waals surface area contributed by atoms with Gasteiger partial charge in [0, 0.05) is 21.3 Å². The Morgan fingerprint density at radius 1 is 1.04 bits per heavy atom. The molecule has 0 radical (unpaired) electrons. The summed E-state index contributed by atoms with van der Waals surface area (Å²) in [6.07, 6.45) is 0. The molecule has 1 aliphatic rings. The lowest BCUT2D eigenvalue weighted by Crippen LogP contribution is -2.39. The van der Waals surface area contributed by atoms with Crippen molar-refractivity contribution >= 4 is 33.4 Å². The number of aryl methyl sites for hydroxylation is 1. The van der Waals surface area contributed by atoms with Gasteiger partial charge in [0.05, 0.1) is 6.04 Å². The number of nitrogens with zero attached hydrogens (tertiary/aromatic N) is 1. The van der Waals surface area contributed by atoms with Gasteiger partial charge in [-0.15, -0.1) is 0 Å². The molecule has 1 heterocycles. The van der Waals surface area contributed by atoms with E-state index in [1.54, 1.807) is 17.0 Å². The smallest absolute Gasteiger partial charge is 0.255 e. The van der Waals surface area contributed by atoms with Crippen molar-refractivity contribution in [1.29, 1.82) is 0 Å². The van der Waals surface area contributed by atoms with Crippen LogP contribution in [0.3, 0.4) is 0 Å². The molecule has 0 unspecified atom stereocenters. The van der Waals surface area contributed by atoms with Gasteiger partial charge in [0.15, 0.2) is 0 Å². The lowest BCUT2D eigenvalue weighted by Gasteiger charge is -2.30. The molecule has 0 spiro atoms. The second-order valence-corrected chi connectivity index (χ2v) is 7.81. The molecule has 2 amide bonds. The van der Waals surface area contributed by atoms with Crippen LogP contribution in [0.4, 0.5) is 5.69 Å². The van der Waals surface area contributed by atoms with E-state index >= 15 is 0 Å². The van der Waals surface area contributed by atoms with Crippen LogP contribution < -0.4 is 5.32 Å². The first-order valence-corrected chi connectivity index (χ1v) is 9.84. The highest BCUT2D eigenvalue weighted by molar-refractivity contribution is 9.10. The van der Waals surface area contributed by atoms with Crippen LogP contribution in [0.15, 0.2) is 77.3 Å². The molecule has 5 heteroatoms. The predicted molar refractivity (Wildman–Crippen MR) is 113 cm³/mol. The topological polar surface area (TPSA) is 49.4 Å². The molecule has 1 N–H and O–H groups in total. The largest absolute Gasteiger partial charge is 0.324 e. The van der Waals surface area contributed by atoms with E-state index in [4.69, 9.17) is 0 Å². The van der Waals surface area contributed by atoms with E-state index in [0.717, 1.165) is 26.9 Å². The Bertz CT molecular complexity index is 1050. The van der Waals surface area contributed by atoms with E-state index in [1.165, 1.54) is 0 Å². The minimum atomic E-state index is -0.359. The zero-order valence-electron chi connectivity index (χ0n) is 15.4. The number of benzene rings is 3. The minimum absolute atomic E-state index is 0.0153. The number of carbonyl (C=O) groups excluding carboxylic acids is 2. The normalized spacial score (nSPS) is 16.1. The highest BCUT2D eigenvalue weighted by Crippen LogP contribution is 2.36. The van der Waals surface area contributed by atoms with Gasteiger partial charge >= 0.3 is 0 Å². The second kappa shape index (κ2) is 7.60. The third-order valence-electron chi connectivity index (χ3n) is 4.88. The van der Waals surface area contributed by atoms with E-state index in [9.17, 15) is 9.59 Å². The zero-order chi connectivity index (χ0) is 19.7. The third-order valence-corrected chi connectivity index (χ3v) is 5.37. The number of anilines is 1. The van der Waals surface area contributed by atoms with E-state index in [-0.39, 0.29) is 24.4 Å². The van der Waals surface area contributed by atoms with Crippen LogP contribution in [0.2, 0.25) is 0 Å². The Kier molecular flexibility index (Phi) is 5.01. The molecule has 1 atom stereocenters. The van der Waals surface area contributed by atoms with Gasteiger partial charge in [0.25, 0.3) is 5.91 Å². The Balaban J connectivity index is 1.87. The fourth-order valence-electron chi connectivity index (χ4n) is 3.54. The Morgan fingerprint density at radius 3 is 2.54 bits per heavy atom. The number of nitrogens with one attached hydrogen (secondary N) is 1. The predicted octanol–water partition coefficient (Wildman–Crippen LogP) is 4.94. The molecule has 1 aliphatic heterocycles. The molecule has 0 aromatic heterocycles. The number of halogens is 1. The number of hydrogen-bond acceptors (Lipinski definition) is 2. The summed E-state index contributed by atoms with van der Waals surface area (Å²) >= 11 is 3.43. The van der Waals surface area contributed by atoms with Crippen LogP contribution >= 0.6 is 15.9 Å². The van der Waals surface area contributed by atoms with E-state index in [1.807, 2.05) is 67.6 Å². The average Bonchev–Trinajstić information content (AvgIpc) is 2.84. The van der Waals surface area contributed by atoms with E-state index < -0.39 is 0 Å². The maximum Gasteiger partial charge on any atom is 0.255 e. The third kappa shape index (κ3) is 3.58. The van der Waals surface area contributed by atoms with Crippen molar-refractivity contribution in [2.45, 2.75) is 13.0 Å². The van der Waals surface area contributed by atoms with Crippen LogP contribution in [0.5, 0.6) is 0 Å². The summed E-state index contributed by atoms with van der Waals surface area (Å²) in [5, 5.41) is 2.94. The van der Waals surface area contributed by atoms with Gasteiger partial charge in [-0.25, -0.2) is 0 Å². The number of amides is 2.